The zero-order valence-corrected chi connectivity index (χ0v) is 12.4. The molecule has 2 aliphatic rings. The van der Waals surface area contributed by atoms with E-state index in [-0.39, 0.29) is 11.8 Å². The zero-order valence-electron chi connectivity index (χ0n) is 11.6. The standard InChI is InChI=1S/C13H23N3O2S/c1-14-12(17)10-15-4-2-11(3-5-15)13(18)16-6-8-19-9-7-16/h11H,2-10H2,1H3,(H,14,17). The fraction of sp³-hybridized carbons (Fsp3) is 0.846. The number of piperidine rings is 1. The third-order valence-corrected chi connectivity index (χ3v) is 4.85. The lowest BCUT2D eigenvalue weighted by Gasteiger charge is -2.35. The van der Waals surface area contributed by atoms with E-state index in [9.17, 15) is 9.59 Å². The van der Waals surface area contributed by atoms with Crippen molar-refractivity contribution in [2.24, 2.45) is 5.92 Å². The number of rotatable bonds is 3. The summed E-state index contributed by atoms with van der Waals surface area (Å²) in [5.41, 5.74) is 0. The molecule has 2 saturated heterocycles. The number of carbonyl (C=O) groups is 2. The lowest BCUT2D eigenvalue weighted by molar-refractivity contribution is -0.136. The maximum absolute atomic E-state index is 12.4. The van der Waals surface area contributed by atoms with Gasteiger partial charge in [0.1, 0.15) is 0 Å². The molecule has 2 heterocycles. The molecule has 108 valence electrons. The lowest BCUT2D eigenvalue weighted by atomic mass is 9.95. The monoisotopic (exact) mass is 285 g/mol. The summed E-state index contributed by atoms with van der Waals surface area (Å²) in [5, 5.41) is 2.64. The predicted molar refractivity (Wildman–Crippen MR) is 77.1 cm³/mol. The van der Waals surface area contributed by atoms with Crippen LogP contribution in [0.15, 0.2) is 0 Å². The first kappa shape index (κ1) is 14.7. The van der Waals surface area contributed by atoms with E-state index >= 15 is 0 Å². The van der Waals surface area contributed by atoms with E-state index in [1.54, 1.807) is 7.05 Å². The second kappa shape index (κ2) is 7.14. The van der Waals surface area contributed by atoms with Gasteiger partial charge >= 0.3 is 0 Å². The number of nitrogens with one attached hydrogen (secondary N) is 1. The van der Waals surface area contributed by atoms with Gasteiger partial charge in [-0.3, -0.25) is 14.5 Å². The third kappa shape index (κ3) is 4.11. The molecule has 19 heavy (non-hydrogen) atoms. The molecule has 0 aromatic heterocycles. The first-order valence-corrected chi connectivity index (χ1v) is 8.15. The minimum absolute atomic E-state index is 0.0535. The molecular formula is C13H23N3O2S. The van der Waals surface area contributed by atoms with Crippen molar-refractivity contribution in [2.45, 2.75) is 12.8 Å². The Morgan fingerprint density at radius 1 is 1.16 bits per heavy atom. The van der Waals surface area contributed by atoms with Crippen molar-refractivity contribution in [1.29, 1.82) is 0 Å². The molecule has 0 atom stereocenters. The van der Waals surface area contributed by atoms with Gasteiger partial charge in [-0.1, -0.05) is 0 Å². The van der Waals surface area contributed by atoms with Crippen molar-refractivity contribution in [1.82, 2.24) is 15.1 Å². The molecule has 0 aromatic rings. The molecular weight excluding hydrogens is 262 g/mol. The van der Waals surface area contributed by atoms with Gasteiger partial charge in [0.2, 0.25) is 11.8 Å². The van der Waals surface area contributed by atoms with Crippen LogP contribution in [-0.2, 0) is 9.59 Å². The molecule has 2 aliphatic heterocycles. The van der Waals surface area contributed by atoms with Crippen LogP contribution in [0.5, 0.6) is 0 Å². The van der Waals surface area contributed by atoms with Crippen molar-refractivity contribution < 1.29 is 9.59 Å². The van der Waals surface area contributed by atoms with E-state index in [0.29, 0.717) is 12.5 Å². The minimum Gasteiger partial charge on any atom is -0.358 e. The highest BCUT2D eigenvalue weighted by Crippen LogP contribution is 2.21. The molecule has 2 fully saturated rings. The summed E-state index contributed by atoms with van der Waals surface area (Å²) in [7, 11) is 1.66. The number of hydrogen-bond donors (Lipinski definition) is 1. The van der Waals surface area contributed by atoms with Crippen molar-refractivity contribution in [3.8, 4) is 0 Å². The smallest absolute Gasteiger partial charge is 0.233 e. The highest BCUT2D eigenvalue weighted by molar-refractivity contribution is 7.99. The van der Waals surface area contributed by atoms with Gasteiger partial charge in [-0.25, -0.2) is 0 Å². The maximum atomic E-state index is 12.4. The summed E-state index contributed by atoms with van der Waals surface area (Å²) in [6.45, 7) is 3.97. The van der Waals surface area contributed by atoms with Crippen molar-refractivity contribution in [2.75, 3.05) is 51.3 Å². The van der Waals surface area contributed by atoms with Crippen LogP contribution in [0.25, 0.3) is 0 Å². The average molecular weight is 285 g/mol. The van der Waals surface area contributed by atoms with Crippen LogP contribution in [0.2, 0.25) is 0 Å². The van der Waals surface area contributed by atoms with Crippen LogP contribution >= 0.6 is 11.8 Å². The highest BCUT2D eigenvalue weighted by Gasteiger charge is 2.29. The summed E-state index contributed by atoms with van der Waals surface area (Å²) in [4.78, 5) is 27.8. The average Bonchev–Trinajstić information content (AvgIpc) is 2.48. The van der Waals surface area contributed by atoms with Gasteiger partial charge in [0.25, 0.3) is 0 Å². The summed E-state index contributed by atoms with van der Waals surface area (Å²) in [6.07, 6.45) is 1.78. The van der Waals surface area contributed by atoms with Gasteiger partial charge in [0.15, 0.2) is 0 Å². The largest absolute Gasteiger partial charge is 0.358 e. The first-order chi connectivity index (χ1) is 9.20. The number of likely N-dealkylation sites (N-methyl/N-ethyl adjacent to an activating group) is 1. The number of thioether (sulfide) groups is 1. The predicted octanol–water partition coefficient (Wildman–Crippen LogP) is 0.0198. The van der Waals surface area contributed by atoms with Crippen LogP contribution in [0.1, 0.15) is 12.8 Å². The van der Waals surface area contributed by atoms with Gasteiger partial charge in [-0.05, 0) is 25.9 Å². The number of nitrogens with zero attached hydrogens (tertiary/aromatic N) is 2. The molecule has 2 rings (SSSR count). The Hall–Kier alpha value is -0.750. The summed E-state index contributed by atoms with van der Waals surface area (Å²) >= 11 is 1.93. The van der Waals surface area contributed by atoms with Crippen LogP contribution in [0, 0.1) is 5.92 Å². The summed E-state index contributed by atoms with van der Waals surface area (Å²) < 4.78 is 0. The van der Waals surface area contributed by atoms with Gasteiger partial charge in [0.05, 0.1) is 6.54 Å². The Bertz CT molecular complexity index is 324. The highest BCUT2D eigenvalue weighted by atomic mass is 32.2. The topological polar surface area (TPSA) is 52.7 Å². The first-order valence-electron chi connectivity index (χ1n) is 7.00. The normalized spacial score (nSPS) is 22.3. The molecule has 2 amide bonds. The Balaban J connectivity index is 1.76. The molecule has 0 radical (unpaired) electrons. The Labute approximate surface area is 119 Å². The number of hydrogen-bond acceptors (Lipinski definition) is 4. The van der Waals surface area contributed by atoms with E-state index in [2.05, 4.69) is 10.2 Å². The van der Waals surface area contributed by atoms with E-state index in [1.807, 2.05) is 16.7 Å². The summed E-state index contributed by atoms with van der Waals surface area (Å²) in [6, 6.07) is 0. The van der Waals surface area contributed by atoms with Crippen LogP contribution < -0.4 is 5.32 Å². The minimum atomic E-state index is 0.0535. The van der Waals surface area contributed by atoms with Gasteiger partial charge in [-0.15, -0.1) is 0 Å². The molecule has 5 nitrogen and oxygen atoms in total. The van der Waals surface area contributed by atoms with Crippen molar-refractivity contribution in [3.05, 3.63) is 0 Å². The molecule has 0 bridgehead atoms. The van der Waals surface area contributed by atoms with E-state index in [1.165, 1.54) is 0 Å². The quantitative estimate of drug-likeness (QED) is 0.794. The number of likely N-dealkylation sites (tertiary alicyclic amines) is 1. The van der Waals surface area contributed by atoms with E-state index in [0.717, 1.165) is 50.5 Å². The maximum Gasteiger partial charge on any atom is 0.233 e. The fourth-order valence-electron chi connectivity index (χ4n) is 2.66. The fourth-order valence-corrected chi connectivity index (χ4v) is 3.57. The van der Waals surface area contributed by atoms with Crippen LogP contribution in [0.3, 0.4) is 0 Å². The van der Waals surface area contributed by atoms with Crippen molar-refractivity contribution >= 4 is 23.6 Å². The van der Waals surface area contributed by atoms with Crippen molar-refractivity contribution in [3.63, 3.8) is 0 Å². The van der Waals surface area contributed by atoms with Crippen LogP contribution in [-0.4, -0.2) is 72.9 Å². The Morgan fingerprint density at radius 2 is 1.79 bits per heavy atom. The van der Waals surface area contributed by atoms with Crippen LogP contribution in [0.4, 0.5) is 0 Å². The molecule has 0 unspecified atom stereocenters. The van der Waals surface area contributed by atoms with E-state index in [4.69, 9.17) is 0 Å². The second-order valence-electron chi connectivity index (χ2n) is 5.16. The van der Waals surface area contributed by atoms with E-state index < -0.39 is 0 Å². The van der Waals surface area contributed by atoms with Gasteiger partial charge in [-0.2, -0.15) is 11.8 Å². The molecule has 6 heteroatoms. The molecule has 1 N–H and O–H groups in total. The van der Waals surface area contributed by atoms with Gasteiger partial charge < -0.3 is 10.2 Å². The SMILES string of the molecule is CNC(=O)CN1CCC(C(=O)N2CCSCC2)CC1. The Morgan fingerprint density at radius 3 is 2.37 bits per heavy atom. The molecule has 0 aromatic carbocycles. The zero-order chi connectivity index (χ0) is 13.7. The number of carbonyl (C=O) groups excluding carboxylic acids is 2. The lowest BCUT2D eigenvalue weighted by Crippen LogP contribution is -2.46. The summed E-state index contributed by atoms with van der Waals surface area (Å²) in [5.74, 6) is 2.70. The molecule has 0 aliphatic carbocycles. The Kier molecular flexibility index (Phi) is 5.51. The number of amides is 2. The molecule has 0 saturated carbocycles. The second-order valence-corrected chi connectivity index (χ2v) is 6.39. The molecule has 0 spiro atoms. The van der Waals surface area contributed by atoms with Gasteiger partial charge in [0, 0.05) is 37.6 Å². The third-order valence-electron chi connectivity index (χ3n) is 3.91.